The van der Waals surface area contributed by atoms with Gasteiger partial charge >= 0.3 is 0 Å². The van der Waals surface area contributed by atoms with Gasteiger partial charge in [0.1, 0.15) is 0 Å². The zero-order valence-electron chi connectivity index (χ0n) is 38.2. The fraction of sp³-hybridized carbons (Fsp3) is 0.115. The summed E-state index contributed by atoms with van der Waals surface area (Å²) in [6.45, 7) is 11.7. The molecular weight excluding hydrogens is 817 g/mol. The van der Waals surface area contributed by atoms with Crippen LogP contribution in [-0.2, 0) is 10.8 Å². The van der Waals surface area contributed by atoms with Gasteiger partial charge in [-0.3, -0.25) is 0 Å². The Bertz CT molecular complexity index is 3730. The minimum atomic E-state index is -0.241. The van der Waals surface area contributed by atoms with Gasteiger partial charge in [0.05, 0.1) is 28.1 Å². The van der Waals surface area contributed by atoms with Crippen molar-refractivity contribution in [1.82, 2.24) is 23.7 Å². The number of fused-ring (bicyclic) bond motifs is 10. The molecule has 1 N–H and O–H groups in total. The smallest absolute Gasteiger partial charge is 0.160 e. The molecule has 0 spiro atoms. The van der Waals surface area contributed by atoms with Crippen LogP contribution in [0.5, 0.6) is 0 Å². The molecule has 7 aromatic carbocycles. The summed E-state index contributed by atoms with van der Waals surface area (Å²) in [4.78, 5) is 10.5. The maximum atomic E-state index is 5.37. The molecule has 67 heavy (non-hydrogen) atoms. The topological polar surface area (TPSA) is 52.6 Å². The lowest BCUT2D eigenvalue weighted by Gasteiger charge is -2.22. The summed E-state index contributed by atoms with van der Waals surface area (Å²) >= 11 is 0. The highest BCUT2D eigenvalue weighted by molar-refractivity contribution is 6.11. The van der Waals surface area contributed by atoms with Gasteiger partial charge < -0.3 is 19.0 Å². The normalized spacial score (nSPS) is 14.0. The zero-order valence-corrected chi connectivity index (χ0v) is 38.2. The van der Waals surface area contributed by atoms with E-state index in [0.29, 0.717) is 5.82 Å². The van der Waals surface area contributed by atoms with E-state index in [-0.39, 0.29) is 10.8 Å². The molecule has 0 fully saturated rings. The number of benzene rings is 7. The molecule has 6 nitrogen and oxygen atoms in total. The average molecular weight is 865 g/mol. The molecule has 0 aliphatic carbocycles. The fourth-order valence-electron chi connectivity index (χ4n) is 11.5. The maximum Gasteiger partial charge on any atom is 0.160 e. The number of hydrogen-bond donors (Lipinski definition) is 1. The summed E-state index contributed by atoms with van der Waals surface area (Å²) in [6, 6.07) is 65.0. The Kier molecular flexibility index (Phi) is 8.41. The number of rotatable bonds is 7. The molecule has 6 heteroatoms. The van der Waals surface area contributed by atoms with Crippen molar-refractivity contribution >= 4 is 33.2 Å². The molecule has 0 saturated heterocycles. The lowest BCUT2D eigenvalue weighted by atomic mass is 9.81. The highest BCUT2D eigenvalue weighted by atomic mass is 15.1. The van der Waals surface area contributed by atoms with Gasteiger partial charge in [-0.05, 0) is 72.1 Å². The molecule has 322 valence electrons. The Labute approximate surface area is 390 Å². The van der Waals surface area contributed by atoms with Gasteiger partial charge in [-0.1, -0.05) is 161 Å². The van der Waals surface area contributed by atoms with Crippen molar-refractivity contribution in [1.29, 1.82) is 0 Å². The van der Waals surface area contributed by atoms with Crippen LogP contribution in [-0.4, -0.2) is 23.7 Å². The molecule has 0 amide bonds. The van der Waals surface area contributed by atoms with Crippen LogP contribution in [0.3, 0.4) is 0 Å². The Morgan fingerprint density at radius 3 is 1.79 bits per heavy atom. The molecule has 0 saturated carbocycles. The van der Waals surface area contributed by atoms with Crippen molar-refractivity contribution in [3.63, 3.8) is 0 Å². The Morgan fingerprint density at radius 2 is 1.06 bits per heavy atom. The van der Waals surface area contributed by atoms with Gasteiger partial charge in [-0.25, -0.2) is 9.97 Å². The summed E-state index contributed by atoms with van der Waals surface area (Å²) < 4.78 is 7.34. The van der Waals surface area contributed by atoms with Gasteiger partial charge in [-0.15, -0.1) is 0 Å². The highest BCUT2D eigenvalue weighted by Crippen LogP contribution is 2.51. The highest BCUT2D eigenvalue weighted by Gasteiger charge is 2.40. The van der Waals surface area contributed by atoms with Crippen molar-refractivity contribution in [2.75, 3.05) is 5.32 Å². The first-order valence-electron chi connectivity index (χ1n) is 23.2. The predicted octanol–water partition coefficient (Wildman–Crippen LogP) is 15.2. The Hall–Kier alpha value is -8.22. The standard InChI is InChI=1S/C61H48N6/c1-38-46(36-65-54-30-18-14-26-48(54)60(2,3)57(38)65)44-24-12-16-28-50(44)62-42-32-41(52-35-51(39-20-8-6-9-21-39)63-59(64-52)40-22-10-7-11-23-40)33-43(34-42)67-53-29-17-13-25-45(53)47-37-66-55-31-19-15-27-49(55)61(4,5)58(66)56(47)67/h6-37,62H,1-5H3. The summed E-state index contributed by atoms with van der Waals surface area (Å²) in [5.41, 5.74) is 21.2. The molecule has 0 radical (unpaired) electrons. The molecule has 6 heterocycles. The molecule has 11 aromatic rings. The largest absolute Gasteiger partial charge is 0.355 e. The first-order valence-corrected chi connectivity index (χ1v) is 23.2. The van der Waals surface area contributed by atoms with Gasteiger partial charge in [-0.2, -0.15) is 0 Å². The number of hydrogen-bond acceptors (Lipinski definition) is 3. The summed E-state index contributed by atoms with van der Waals surface area (Å²) in [7, 11) is 0. The number of aromatic nitrogens is 5. The van der Waals surface area contributed by atoms with Crippen molar-refractivity contribution in [3.05, 3.63) is 222 Å². The number of nitrogens with one attached hydrogen (secondary N) is 1. The Balaban J connectivity index is 1.05. The lowest BCUT2D eigenvalue weighted by molar-refractivity contribution is 0.638. The molecular formula is C61H48N6. The first kappa shape index (κ1) is 39.2. The zero-order chi connectivity index (χ0) is 45.2. The molecule has 0 bridgehead atoms. The van der Waals surface area contributed by atoms with Crippen LogP contribution in [0.1, 0.15) is 55.8 Å². The van der Waals surface area contributed by atoms with Gasteiger partial charge in [0, 0.05) is 95.9 Å². The van der Waals surface area contributed by atoms with E-state index in [9.17, 15) is 0 Å². The van der Waals surface area contributed by atoms with Crippen LogP contribution in [0.2, 0.25) is 0 Å². The molecule has 0 unspecified atom stereocenters. The van der Waals surface area contributed by atoms with Gasteiger partial charge in [0.2, 0.25) is 0 Å². The summed E-state index contributed by atoms with van der Waals surface area (Å²) in [6.07, 6.45) is 4.70. The molecule has 2 aliphatic rings. The second-order valence-corrected chi connectivity index (χ2v) is 19.3. The second-order valence-electron chi connectivity index (χ2n) is 19.3. The van der Waals surface area contributed by atoms with E-state index in [0.717, 1.165) is 56.2 Å². The maximum absolute atomic E-state index is 5.37. The fourth-order valence-corrected chi connectivity index (χ4v) is 11.5. The van der Waals surface area contributed by atoms with Crippen LogP contribution in [0, 0.1) is 6.92 Å². The molecule has 4 aromatic heterocycles. The Morgan fingerprint density at radius 1 is 0.478 bits per heavy atom. The third-order valence-electron chi connectivity index (χ3n) is 14.5. The summed E-state index contributed by atoms with van der Waals surface area (Å²) in [5, 5.41) is 6.47. The molecule has 0 atom stereocenters. The van der Waals surface area contributed by atoms with Crippen LogP contribution < -0.4 is 5.32 Å². The van der Waals surface area contributed by atoms with Gasteiger partial charge in [0.25, 0.3) is 0 Å². The van der Waals surface area contributed by atoms with Crippen LogP contribution in [0.4, 0.5) is 11.4 Å². The minimum absolute atomic E-state index is 0.126. The van der Waals surface area contributed by atoms with Crippen molar-refractivity contribution < 1.29 is 0 Å². The number of para-hydroxylation sites is 4. The number of anilines is 2. The SMILES string of the molecule is Cc1c(-c2ccccc2Nc2cc(-c3cc(-c4ccccc4)nc(-c4ccccc4)n3)cc(-n3c4ccccc4c4cn5c(c43)C(C)(C)c3ccccc3-5)c2)cn2c1C(C)(C)c1ccccc1-2. The third kappa shape index (κ3) is 5.82. The lowest BCUT2D eigenvalue weighted by Crippen LogP contribution is -2.16. The van der Waals surface area contributed by atoms with E-state index in [1.165, 1.54) is 61.3 Å². The van der Waals surface area contributed by atoms with Crippen molar-refractivity contribution in [3.8, 4) is 62.1 Å². The minimum Gasteiger partial charge on any atom is -0.355 e. The van der Waals surface area contributed by atoms with E-state index in [4.69, 9.17) is 9.97 Å². The van der Waals surface area contributed by atoms with E-state index in [2.05, 4.69) is 224 Å². The predicted molar refractivity (Wildman–Crippen MR) is 275 cm³/mol. The van der Waals surface area contributed by atoms with Crippen LogP contribution in [0.15, 0.2) is 194 Å². The van der Waals surface area contributed by atoms with Crippen LogP contribution >= 0.6 is 0 Å². The van der Waals surface area contributed by atoms with Crippen molar-refractivity contribution in [2.24, 2.45) is 0 Å². The second kappa shape index (κ2) is 14.4. The van der Waals surface area contributed by atoms with E-state index >= 15 is 0 Å². The molecule has 13 rings (SSSR count). The van der Waals surface area contributed by atoms with Crippen molar-refractivity contribution in [2.45, 2.75) is 45.4 Å². The van der Waals surface area contributed by atoms with E-state index in [1.54, 1.807) is 0 Å². The molecule has 2 aliphatic heterocycles. The number of nitrogens with zero attached hydrogens (tertiary/aromatic N) is 5. The van der Waals surface area contributed by atoms with E-state index < -0.39 is 0 Å². The first-order chi connectivity index (χ1) is 32.6. The monoisotopic (exact) mass is 864 g/mol. The van der Waals surface area contributed by atoms with E-state index in [1.807, 2.05) is 24.3 Å². The quantitative estimate of drug-likeness (QED) is 0.174. The third-order valence-corrected chi connectivity index (χ3v) is 14.5. The van der Waals surface area contributed by atoms with Crippen LogP contribution in [0.25, 0.3) is 83.9 Å². The summed E-state index contributed by atoms with van der Waals surface area (Å²) in [5.74, 6) is 0.683. The van der Waals surface area contributed by atoms with Gasteiger partial charge in [0.15, 0.2) is 5.82 Å². The average Bonchev–Trinajstić information content (AvgIpc) is 4.12.